The van der Waals surface area contributed by atoms with Crippen LogP contribution in [-0.4, -0.2) is 5.54 Å². The van der Waals surface area contributed by atoms with E-state index >= 15 is 0 Å². The first-order chi connectivity index (χ1) is 8.69. The Hall–Kier alpha value is -1.70. The second-order valence-corrected chi connectivity index (χ2v) is 5.13. The molecule has 19 heavy (non-hydrogen) atoms. The van der Waals surface area contributed by atoms with Crippen LogP contribution >= 0.6 is 0 Å². The third-order valence-electron chi connectivity index (χ3n) is 2.80. The summed E-state index contributed by atoms with van der Waals surface area (Å²) >= 11 is 0. The molecule has 0 fully saturated rings. The maximum atomic E-state index is 12.7. The normalized spacial score (nSPS) is 12.1. The minimum Gasteiger partial charge on any atom is -0.380 e. The molecule has 1 rings (SSSR count). The molecule has 104 valence electrons. The number of halogens is 3. The number of hydrogen-bond acceptors (Lipinski definition) is 2. The Bertz CT molecular complexity index is 484. The fraction of sp³-hybridized carbons (Fsp3) is 0.500. The van der Waals surface area contributed by atoms with Crippen LogP contribution in [0.1, 0.15) is 44.7 Å². The number of anilines is 1. The van der Waals surface area contributed by atoms with Gasteiger partial charge in [0.2, 0.25) is 0 Å². The molecule has 0 saturated heterocycles. The summed E-state index contributed by atoms with van der Waals surface area (Å²) in [5.41, 5.74) is -0.942. The summed E-state index contributed by atoms with van der Waals surface area (Å²) in [7, 11) is 0. The Morgan fingerprint density at radius 3 is 2.37 bits per heavy atom. The molecule has 0 aliphatic carbocycles. The number of nitrogens with zero attached hydrogens (tertiary/aromatic N) is 1. The van der Waals surface area contributed by atoms with Crippen LogP contribution in [0.4, 0.5) is 18.9 Å². The summed E-state index contributed by atoms with van der Waals surface area (Å²) in [5, 5.41) is 12.0. The van der Waals surface area contributed by atoms with E-state index in [2.05, 4.69) is 5.32 Å². The van der Waals surface area contributed by atoms with Gasteiger partial charge in [0.1, 0.15) is 0 Å². The van der Waals surface area contributed by atoms with Crippen molar-refractivity contribution >= 4 is 5.69 Å². The summed E-state index contributed by atoms with van der Waals surface area (Å²) in [6, 6.07) is 5.16. The van der Waals surface area contributed by atoms with Gasteiger partial charge in [0.25, 0.3) is 0 Å². The van der Waals surface area contributed by atoms with Crippen LogP contribution in [0.2, 0.25) is 0 Å². The maximum absolute atomic E-state index is 12.7. The SMILES string of the molecule is CCCC(C)(C)Nc1ccc(C(F)(F)F)c(C#N)c1. The Balaban J connectivity index is 3.06. The van der Waals surface area contributed by atoms with Crippen molar-refractivity contribution in [3.05, 3.63) is 29.3 Å². The average Bonchev–Trinajstić information content (AvgIpc) is 2.26. The van der Waals surface area contributed by atoms with Gasteiger partial charge in [-0.25, -0.2) is 0 Å². The molecule has 5 heteroatoms. The van der Waals surface area contributed by atoms with Crippen LogP contribution in [0.25, 0.3) is 0 Å². The van der Waals surface area contributed by atoms with Crippen LogP contribution in [0.5, 0.6) is 0 Å². The van der Waals surface area contributed by atoms with Crippen molar-refractivity contribution in [3.8, 4) is 6.07 Å². The summed E-state index contributed by atoms with van der Waals surface area (Å²) in [6.45, 7) is 5.98. The molecule has 0 heterocycles. The van der Waals surface area contributed by atoms with Gasteiger partial charge in [-0.05, 0) is 38.5 Å². The molecule has 1 aromatic carbocycles. The van der Waals surface area contributed by atoms with Crippen molar-refractivity contribution in [1.29, 1.82) is 5.26 Å². The van der Waals surface area contributed by atoms with E-state index in [1.165, 1.54) is 12.1 Å². The molecule has 0 unspecified atom stereocenters. The summed E-state index contributed by atoms with van der Waals surface area (Å²) in [5.74, 6) is 0. The van der Waals surface area contributed by atoms with Crippen LogP contribution in [0, 0.1) is 11.3 Å². The van der Waals surface area contributed by atoms with Crippen molar-refractivity contribution in [2.75, 3.05) is 5.32 Å². The van der Waals surface area contributed by atoms with Crippen LogP contribution < -0.4 is 5.32 Å². The van der Waals surface area contributed by atoms with Gasteiger partial charge in [-0.3, -0.25) is 0 Å². The van der Waals surface area contributed by atoms with Gasteiger partial charge in [-0.1, -0.05) is 13.3 Å². The molecule has 1 aromatic rings. The molecule has 0 aromatic heterocycles. The van der Waals surface area contributed by atoms with Crippen molar-refractivity contribution < 1.29 is 13.2 Å². The van der Waals surface area contributed by atoms with Crippen LogP contribution in [-0.2, 0) is 6.18 Å². The smallest absolute Gasteiger partial charge is 0.380 e. The highest BCUT2D eigenvalue weighted by Gasteiger charge is 2.33. The summed E-state index contributed by atoms with van der Waals surface area (Å²) in [4.78, 5) is 0. The summed E-state index contributed by atoms with van der Waals surface area (Å²) in [6.07, 6.45) is -2.65. The highest BCUT2D eigenvalue weighted by Crippen LogP contribution is 2.33. The molecular weight excluding hydrogens is 253 g/mol. The molecule has 0 spiro atoms. The van der Waals surface area contributed by atoms with Crippen LogP contribution in [0.3, 0.4) is 0 Å². The van der Waals surface area contributed by atoms with E-state index in [0.717, 1.165) is 18.9 Å². The third-order valence-corrected chi connectivity index (χ3v) is 2.80. The maximum Gasteiger partial charge on any atom is 0.417 e. The van der Waals surface area contributed by atoms with Gasteiger partial charge in [0.05, 0.1) is 17.2 Å². The van der Waals surface area contributed by atoms with E-state index in [1.54, 1.807) is 6.07 Å². The zero-order valence-electron chi connectivity index (χ0n) is 11.2. The van der Waals surface area contributed by atoms with E-state index in [0.29, 0.717) is 5.69 Å². The van der Waals surface area contributed by atoms with E-state index in [-0.39, 0.29) is 11.1 Å². The second-order valence-electron chi connectivity index (χ2n) is 5.13. The third kappa shape index (κ3) is 4.16. The molecule has 0 aliphatic heterocycles. The van der Waals surface area contributed by atoms with Gasteiger partial charge in [-0.15, -0.1) is 0 Å². The fourth-order valence-electron chi connectivity index (χ4n) is 2.04. The number of benzene rings is 1. The fourth-order valence-corrected chi connectivity index (χ4v) is 2.04. The number of alkyl halides is 3. The van der Waals surface area contributed by atoms with E-state index in [9.17, 15) is 13.2 Å². The number of rotatable bonds is 4. The minimum absolute atomic E-state index is 0.221. The monoisotopic (exact) mass is 270 g/mol. The lowest BCUT2D eigenvalue weighted by molar-refractivity contribution is -0.137. The molecule has 0 radical (unpaired) electrons. The van der Waals surface area contributed by atoms with E-state index < -0.39 is 11.7 Å². The standard InChI is InChI=1S/C14H17F3N2/c1-4-7-13(2,3)19-11-5-6-12(14(15,16)17)10(8-11)9-18/h5-6,8,19H,4,7H2,1-3H3. The first-order valence-electron chi connectivity index (χ1n) is 6.09. The van der Waals surface area contributed by atoms with Crippen molar-refractivity contribution in [2.45, 2.75) is 45.3 Å². The first kappa shape index (κ1) is 15.4. The zero-order valence-corrected chi connectivity index (χ0v) is 11.2. The predicted octanol–water partition coefficient (Wildman–Crippen LogP) is 4.57. The Kier molecular flexibility index (Phi) is 4.46. The molecule has 0 bridgehead atoms. The van der Waals surface area contributed by atoms with E-state index in [4.69, 9.17) is 5.26 Å². The van der Waals surface area contributed by atoms with Gasteiger partial charge >= 0.3 is 6.18 Å². The lowest BCUT2D eigenvalue weighted by Crippen LogP contribution is -2.30. The minimum atomic E-state index is -4.50. The highest BCUT2D eigenvalue weighted by atomic mass is 19.4. The quantitative estimate of drug-likeness (QED) is 0.870. The van der Waals surface area contributed by atoms with Crippen molar-refractivity contribution in [1.82, 2.24) is 0 Å². The molecule has 0 saturated carbocycles. The molecular formula is C14H17F3N2. The lowest BCUT2D eigenvalue weighted by atomic mass is 9.98. The van der Waals surface area contributed by atoms with E-state index in [1.807, 2.05) is 20.8 Å². The predicted molar refractivity (Wildman–Crippen MR) is 68.8 cm³/mol. The number of nitrogens with one attached hydrogen (secondary N) is 1. The molecule has 0 atom stereocenters. The van der Waals surface area contributed by atoms with Gasteiger partial charge < -0.3 is 5.32 Å². The van der Waals surface area contributed by atoms with Gasteiger partial charge in [0.15, 0.2) is 0 Å². The lowest BCUT2D eigenvalue weighted by Gasteiger charge is -2.27. The highest BCUT2D eigenvalue weighted by molar-refractivity contribution is 5.54. The molecule has 0 aliphatic rings. The Morgan fingerprint density at radius 1 is 1.26 bits per heavy atom. The summed E-state index contributed by atoms with van der Waals surface area (Å²) < 4.78 is 38.0. The largest absolute Gasteiger partial charge is 0.417 e. The Morgan fingerprint density at radius 2 is 1.89 bits per heavy atom. The van der Waals surface area contributed by atoms with Crippen molar-refractivity contribution in [2.24, 2.45) is 0 Å². The Labute approximate surface area is 111 Å². The van der Waals surface area contributed by atoms with Gasteiger partial charge in [0, 0.05) is 11.2 Å². The first-order valence-corrected chi connectivity index (χ1v) is 6.09. The van der Waals surface area contributed by atoms with Crippen LogP contribution in [0.15, 0.2) is 18.2 Å². The van der Waals surface area contributed by atoms with Crippen molar-refractivity contribution in [3.63, 3.8) is 0 Å². The average molecular weight is 270 g/mol. The molecule has 1 N–H and O–H groups in total. The molecule has 2 nitrogen and oxygen atoms in total. The number of hydrogen-bond donors (Lipinski definition) is 1. The topological polar surface area (TPSA) is 35.8 Å². The zero-order chi connectivity index (χ0) is 14.7. The second kappa shape index (κ2) is 5.52. The number of nitriles is 1. The molecule has 0 amide bonds. The van der Waals surface area contributed by atoms with Gasteiger partial charge in [-0.2, -0.15) is 18.4 Å².